The molecule has 26 heavy (non-hydrogen) atoms. The zero-order valence-electron chi connectivity index (χ0n) is 14.6. The van der Waals surface area contributed by atoms with Gasteiger partial charge in [0.2, 0.25) is 0 Å². The van der Waals surface area contributed by atoms with Crippen LogP contribution in [-0.2, 0) is 11.2 Å². The van der Waals surface area contributed by atoms with Gasteiger partial charge in [-0.25, -0.2) is 9.18 Å². The van der Waals surface area contributed by atoms with E-state index in [9.17, 15) is 9.18 Å². The second kappa shape index (κ2) is 7.08. The van der Waals surface area contributed by atoms with Gasteiger partial charge in [-0.15, -0.1) is 0 Å². The lowest BCUT2D eigenvalue weighted by atomic mass is 9.82. The molecule has 4 rings (SSSR count). The Bertz CT molecular complexity index is 787. The van der Waals surface area contributed by atoms with Crippen LogP contribution in [0.4, 0.5) is 9.18 Å². The molecular weight excluding hydrogens is 331 g/mol. The molecule has 1 saturated carbocycles. The molecule has 1 atom stereocenters. The molecule has 1 aliphatic heterocycles. The molecule has 4 nitrogen and oxygen atoms in total. The predicted octanol–water partition coefficient (Wildman–Crippen LogP) is 3.65. The Morgan fingerprint density at radius 3 is 2.62 bits per heavy atom. The smallest absolute Gasteiger partial charge is 0.410 e. The van der Waals surface area contributed by atoms with Crippen molar-refractivity contribution in [3.63, 3.8) is 0 Å². The van der Waals surface area contributed by atoms with Crippen LogP contribution in [0.15, 0.2) is 48.5 Å². The lowest BCUT2D eigenvalue weighted by Crippen LogP contribution is -2.45. The van der Waals surface area contributed by atoms with Gasteiger partial charge in [0.25, 0.3) is 0 Å². The highest BCUT2D eigenvalue weighted by Crippen LogP contribution is 2.37. The third-order valence-corrected chi connectivity index (χ3v) is 5.50. The van der Waals surface area contributed by atoms with Gasteiger partial charge in [-0.1, -0.05) is 36.4 Å². The number of nitrogens with zero attached hydrogens (tertiary/aromatic N) is 1. The van der Waals surface area contributed by atoms with E-state index in [2.05, 4.69) is 6.07 Å². The largest absolute Gasteiger partial charge is 0.446 e. The number of hydrogen-bond donors (Lipinski definition) is 1. The van der Waals surface area contributed by atoms with Crippen molar-refractivity contribution in [2.75, 3.05) is 13.1 Å². The van der Waals surface area contributed by atoms with E-state index in [4.69, 9.17) is 10.5 Å². The van der Waals surface area contributed by atoms with E-state index >= 15 is 0 Å². The second-order valence-electron chi connectivity index (χ2n) is 7.18. The minimum absolute atomic E-state index is 0.0397. The van der Waals surface area contributed by atoms with Gasteiger partial charge < -0.3 is 10.5 Å². The number of hydrogen-bond acceptors (Lipinski definition) is 3. The summed E-state index contributed by atoms with van der Waals surface area (Å²) in [5, 5.41) is 0. The van der Waals surface area contributed by atoms with Crippen LogP contribution in [0.1, 0.15) is 35.6 Å². The van der Waals surface area contributed by atoms with Crippen molar-refractivity contribution in [2.45, 2.75) is 31.4 Å². The number of halogens is 1. The third-order valence-electron chi connectivity index (χ3n) is 5.50. The molecule has 0 bridgehead atoms. The van der Waals surface area contributed by atoms with Crippen molar-refractivity contribution in [1.82, 2.24) is 4.90 Å². The van der Waals surface area contributed by atoms with Crippen LogP contribution in [0.5, 0.6) is 0 Å². The number of benzene rings is 2. The number of carbonyl (C=O) groups is 1. The van der Waals surface area contributed by atoms with Crippen molar-refractivity contribution < 1.29 is 13.9 Å². The molecule has 0 radical (unpaired) electrons. The molecule has 0 aromatic heterocycles. The SMILES string of the molecule is NC[C@H]1C[C@H](OC(=O)N2CCc3ccccc3[C@@H]2c2ccc(F)cc2)C1. The minimum atomic E-state index is -0.297. The summed E-state index contributed by atoms with van der Waals surface area (Å²) in [4.78, 5) is 14.6. The summed E-state index contributed by atoms with van der Waals surface area (Å²) < 4.78 is 19.1. The summed E-state index contributed by atoms with van der Waals surface area (Å²) in [6.45, 7) is 1.23. The van der Waals surface area contributed by atoms with E-state index in [1.54, 1.807) is 17.0 Å². The molecule has 2 aliphatic rings. The average molecular weight is 354 g/mol. The Balaban J connectivity index is 1.60. The number of ether oxygens (including phenoxy) is 1. The summed E-state index contributed by atoms with van der Waals surface area (Å²) in [7, 11) is 0. The van der Waals surface area contributed by atoms with Gasteiger partial charge in [0.15, 0.2) is 0 Å². The molecular formula is C21H23FN2O2. The van der Waals surface area contributed by atoms with Crippen LogP contribution in [0, 0.1) is 11.7 Å². The Labute approximate surface area is 152 Å². The highest BCUT2D eigenvalue weighted by molar-refractivity contribution is 5.70. The van der Waals surface area contributed by atoms with Gasteiger partial charge in [0.1, 0.15) is 11.9 Å². The summed E-state index contributed by atoms with van der Waals surface area (Å²) in [5.41, 5.74) is 8.84. The topological polar surface area (TPSA) is 55.6 Å². The molecule has 1 aliphatic carbocycles. The number of rotatable bonds is 3. The van der Waals surface area contributed by atoms with Crippen molar-refractivity contribution in [2.24, 2.45) is 11.7 Å². The zero-order chi connectivity index (χ0) is 18.1. The van der Waals surface area contributed by atoms with Gasteiger partial charge in [-0.2, -0.15) is 0 Å². The standard InChI is InChI=1S/C21H23FN2O2/c22-17-7-5-16(6-8-17)20-19-4-2-1-3-15(19)9-10-24(20)21(25)26-18-11-14(12-18)13-23/h1-8,14,18,20H,9-13,23H2/t14-,18-,20-/m0/s1. The van der Waals surface area contributed by atoms with Crippen molar-refractivity contribution in [3.05, 3.63) is 71.0 Å². The van der Waals surface area contributed by atoms with Crippen molar-refractivity contribution >= 4 is 6.09 Å². The molecule has 2 aromatic carbocycles. The Morgan fingerprint density at radius 2 is 1.88 bits per heavy atom. The predicted molar refractivity (Wildman–Crippen MR) is 97.1 cm³/mol. The highest BCUT2D eigenvalue weighted by Gasteiger charge is 2.37. The Morgan fingerprint density at radius 1 is 1.15 bits per heavy atom. The maximum atomic E-state index is 13.4. The van der Waals surface area contributed by atoms with Crippen molar-refractivity contribution in [1.29, 1.82) is 0 Å². The third kappa shape index (κ3) is 3.19. The molecule has 0 spiro atoms. The van der Waals surface area contributed by atoms with Crippen LogP contribution >= 0.6 is 0 Å². The van der Waals surface area contributed by atoms with Crippen LogP contribution in [0.25, 0.3) is 0 Å². The van der Waals surface area contributed by atoms with Gasteiger partial charge in [-0.3, -0.25) is 4.90 Å². The second-order valence-corrected chi connectivity index (χ2v) is 7.18. The quantitative estimate of drug-likeness (QED) is 0.915. The molecule has 1 fully saturated rings. The fourth-order valence-corrected chi connectivity index (χ4v) is 3.94. The van der Waals surface area contributed by atoms with E-state index in [-0.39, 0.29) is 24.1 Å². The van der Waals surface area contributed by atoms with Crippen LogP contribution in [0.2, 0.25) is 0 Å². The number of fused-ring (bicyclic) bond motifs is 1. The fourth-order valence-electron chi connectivity index (χ4n) is 3.94. The first-order valence-corrected chi connectivity index (χ1v) is 9.16. The monoisotopic (exact) mass is 354 g/mol. The number of amides is 1. The molecule has 1 amide bonds. The summed E-state index contributed by atoms with van der Waals surface area (Å²) in [5.74, 6) is 0.178. The van der Waals surface area contributed by atoms with Crippen molar-refractivity contribution in [3.8, 4) is 0 Å². The Kier molecular flexibility index (Phi) is 4.64. The number of nitrogens with two attached hydrogens (primary N) is 1. The normalized spacial score (nSPS) is 24.5. The van der Waals surface area contributed by atoms with E-state index in [0.717, 1.165) is 30.4 Å². The first-order chi connectivity index (χ1) is 12.7. The van der Waals surface area contributed by atoms with Gasteiger partial charge in [0, 0.05) is 6.54 Å². The highest BCUT2D eigenvalue weighted by atomic mass is 19.1. The van der Waals surface area contributed by atoms with Gasteiger partial charge in [-0.05, 0) is 60.5 Å². The minimum Gasteiger partial charge on any atom is -0.446 e. The molecule has 0 saturated heterocycles. The Hall–Kier alpha value is -2.40. The average Bonchev–Trinajstić information content (AvgIpc) is 2.64. The van der Waals surface area contributed by atoms with E-state index in [1.807, 2.05) is 18.2 Å². The van der Waals surface area contributed by atoms with E-state index in [1.165, 1.54) is 17.7 Å². The molecule has 0 unspecified atom stereocenters. The first kappa shape index (κ1) is 17.0. The van der Waals surface area contributed by atoms with Gasteiger partial charge in [0.05, 0.1) is 6.04 Å². The van der Waals surface area contributed by atoms with E-state index < -0.39 is 0 Å². The van der Waals surface area contributed by atoms with Crippen LogP contribution in [-0.4, -0.2) is 30.2 Å². The number of carbonyl (C=O) groups excluding carboxylic acids is 1. The van der Waals surface area contributed by atoms with Gasteiger partial charge >= 0.3 is 6.09 Å². The first-order valence-electron chi connectivity index (χ1n) is 9.16. The maximum absolute atomic E-state index is 13.4. The lowest BCUT2D eigenvalue weighted by molar-refractivity contribution is -0.00428. The van der Waals surface area contributed by atoms with E-state index in [0.29, 0.717) is 19.0 Å². The molecule has 136 valence electrons. The molecule has 2 aromatic rings. The summed E-state index contributed by atoms with van der Waals surface area (Å²) >= 11 is 0. The molecule has 5 heteroatoms. The maximum Gasteiger partial charge on any atom is 0.410 e. The lowest BCUT2D eigenvalue weighted by Gasteiger charge is -2.40. The van der Waals surface area contributed by atoms with Crippen LogP contribution < -0.4 is 5.73 Å². The summed E-state index contributed by atoms with van der Waals surface area (Å²) in [6.07, 6.45) is 2.14. The van der Waals surface area contributed by atoms with Crippen LogP contribution in [0.3, 0.4) is 0 Å². The zero-order valence-corrected chi connectivity index (χ0v) is 14.6. The fraction of sp³-hybridized carbons (Fsp3) is 0.381. The molecule has 1 heterocycles. The summed E-state index contributed by atoms with van der Waals surface area (Å²) in [6, 6.07) is 14.2. The molecule has 2 N–H and O–H groups in total.